The Bertz CT molecular complexity index is 1730. The maximum Gasteiger partial charge on any atom is 0.181 e. The van der Waals surface area contributed by atoms with Crippen LogP contribution in [0, 0.1) is 0 Å². The van der Waals surface area contributed by atoms with Gasteiger partial charge >= 0.3 is 0 Å². The van der Waals surface area contributed by atoms with Gasteiger partial charge in [-0.25, -0.2) is 9.97 Å². The molecule has 0 radical (unpaired) electrons. The number of pyridine rings is 3. The number of benzene rings is 1. The van der Waals surface area contributed by atoms with E-state index in [1.807, 2.05) is 36.9 Å². The number of fused-ring (bicyclic) bond motifs is 2. The SMILES string of the molecule is c1ccc(CNCc2cncc(-c3cnc4n[nH]c(-c5cc6c(N7CCCCC7)nccc6[nH]5)c4c3)c2)cc1. The summed E-state index contributed by atoms with van der Waals surface area (Å²) in [5, 5.41) is 13.3. The Kier molecular flexibility index (Phi) is 6.22. The van der Waals surface area contributed by atoms with E-state index in [4.69, 9.17) is 4.98 Å². The predicted molar refractivity (Wildman–Crippen MR) is 155 cm³/mol. The highest BCUT2D eigenvalue weighted by Crippen LogP contribution is 2.34. The number of rotatable bonds is 7. The first kappa shape index (κ1) is 23.5. The van der Waals surface area contributed by atoms with Gasteiger partial charge in [0.15, 0.2) is 5.65 Å². The van der Waals surface area contributed by atoms with Crippen molar-refractivity contribution in [3.63, 3.8) is 0 Å². The molecule has 0 aliphatic carbocycles. The molecule has 6 heterocycles. The van der Waals surface area contributed by atoms with Gasteiger partial charge in [0.05, 0.1) is 16.9 Å². The lowest BCUT2D eigenvalue weighted by molar-refractivity contribution is 0.575. The molecule has 194 valence electrons. The van der Waals surface area contributed by atoms with Crippen LogP contribution in [-0.2, 0) is 13.1 Å². The zero-order valence-electron chi connectivity index (χ0n) is 21.7. The number of hydrogen-bond donors (Lipinski definition) is 3. The summed E-state index contributed by atoms with van der Waals surface area (Å²) in [5.41, 5.74) is 8.10. The van der Waals surface area contributed by atoms with Crippen molar-refractivity contribution in [2.24, 2.45) is 0 Å². The second-order valence-corrected chi connectivity index (χ2v) is 10.2. The first-order valence-corrected chi connectivity index (χ1v) is 13.6. The smallest absolute Gasteiger partial charge is 0.181 e. The Morgan fingerprint density at radius 2 is 1.64 bits per heavy atom. The Labute approximate surface area is 226 Å². The van der Waals surface area contributed by atoms with Crippen molar-refractivity contribution in [2.45, 2.75) is 32.4 Å². The van der Waals surface area contributed by atoms with Gasteiger partial charge in [-0.3, -0.25) is 10.1 Å². The van der Waals surface area contributed by atoms with Crippen LogP contribution < -0.4 is 10.2 Å². The summed E-state index contributed by atoms with van der Waals surface area (Å²) >= 11 is 0. The zero-order valence-corrected chi connectivity index (χ0v) is 21.7. The van der Waals surface area contributed by atoms with E-state index in [0.717, 1.165) is 76.4 Å². The van der Waals surface area contributed by atoms with Crippen molar-refractivity contribution >= 4 is 27.8 Å². The van der Waals surface area contributed by atoms with Gasteiger partial charge in [0.2, 0.25) is 0 Å². The monoisotopic (exact) mass is 514 g/mol. The molecule has 8 nitrogen and oxygen atoms in total. The lowest BCUT2D eigenvalue weighted by Crippen LogP contribution is -2.30. The highest BCUT2D eigenvalue weighted by atomic mass is 15.2. The minimum absolute atomic E-state index is 0.690. The van der Waals surface area contributed by atoms with Gasteiger partial charge in [0, 0.05) is 72.9 Å². The van der Waals surface area contributed by atoms with E-state index in [1.165, 1.54) is 24.8 Å². The number of piperidine rings is 1. The summed E-state index contributed by atoms with van der Waals surface area (Å²) in [5.74, 6) is 1.06. The van der Waals surface area contributed by atoms with E-state index in [2.05, 4.69) is 77.8 Å². The van der Waals surface area contributed by atoms with Crippen molar-refractivity contribution < 1.29 is 0 Å². The van der Waals surface area contributed by atoms with Crippen molar-refractivity contribution in [3.8, 4) is 22.5 Å². The molecule has 0 spiro atoms. The number of nitrogens with zero attached hydrogens (tertiary/aromatic N) is 5. The van der Waals surface area contributed by atoms with Crippen LogP contribution in [-0.4, -0.2) is 43.2 Å². The molecule has 0 amide bonds. The molecule has 5 aromatic heterocycles. The molecule has 6 aromatic rings. The summed E-state index contributed by atoms with van der Waals surface area (Å²) in [6.45, 7) is 3.67. The van der Waals surface area contributed by atoms with Crippen LogP contribution in [0.2, 0.25) is 0 Å². The molecule has 1 aromatic carbocycles. The molecule has 8 heteroatoms. The Hall–Kier alpha value is -4.56. The second-order valence-electron chi connectivity index (χ2n) is 10.2. The summed E-state index contributed by atoms with van der Waals surface area (Å²) in [6, 6.07) is 19.0. The number of aromatic nitrogens is 6. The standard InChI is InChI=1S/C31H30N8/c1-3-7-21(8-4-1)16-32-17-22-13-23(19-33-18-22)24-14-26-29(37-38-30(26)35-20-24)28-15-25-27(36-28)9-10-34-31(25)39-11-5-2-6-12-39/h1,3-4,7-10,13-15,18-20,32,36H,2,5-6,11-12,16-17H2,(H,35,37,38). The number of H-pyrrole nitrogens is 2. The topological polar surface area (TPSA) is 98.4 Å². The summed E-state index contributed by atoms with van der Waals surface area (Å²) in [4.78, 5) is 19.9. The van der Waals surface area contributed by atoms with Crippen LogP contribution in [0.3, 0.4) is 0 Å². The lowest BCUT2D eigenvalue weighted by atomic mass is 10.1. The summed E-state index contributed by atoms with van der Waals surface area (Å²) < 4.78 is 0. The van der Waals surface area contributed by atoms with Crippen LogP contribution in [0.5, 0.6) is 0 Å². The highest BCUT2D eigenvalue weighted by molar-refractivity contribution is 5.99. The van der Waals surface area contributed by atoms with Crippen LogP contribution in [0.15, 0.2) is 79.4 Å². The molecular weight excluding hydrogens is 484 g/mol. The third kappa shape index (κ3) is 4.75. The van der Waals surface area contributed by atoms with Gasteiger partial charge in [-0.2, -0.15) is 5.10 Å². The number of hydrogen-bond acceptors (Lipinski definition) is 6. The van der Waals surface area contributed by atoms with Crippen LogP contribution in [0.4, 0.5) is 5.82 Å². The minimum Gasteiger partial charge on any atom is -0.356 e. The van der Waals surface area contributed by atoms with Crippen molar-refractivity contribution in [1.29, 1.82) is 0 Å². The molecule has 1 aliphatic rings. The van der Waals surface area contributed by atoms with Crippen LogP contribution in [0.25, 0.3) is 44.5 Å². The minimum atomic E-state index is 0.690. The highest BCUT2D eigenvalue weighted by Gasteiger charge is 2.18. The molecule has 1 saturated heterocycles. The zero-order chi connectivity index (χ0) is 26.0. The maximum absolute atomic E-state index is 4.74. The molecule has 0 saturated carbocycles. The predicted octanol–water partition coefficient (Wildman–Crippen LogP) is 5.84. The summed E-state index contributed by atoms with van der Waals surface area (Å²) in [6.07, 6.45) is 11.3. The van der Waals surface area contributed by atoms with Gasteiger partial charge in [0.25, 0.3) is 0 Å². The van der Waals surface area contributed by atoms with Gasteiger partial charge in [-0.1, -0.05) is 30.3 Å². The van der Waals surface area contributed by atoms with Crippen LogP contribution >= 0.6 is 0 Å². The molecule has 7 rings (SSSR count). The molecule has 39 heavy (non-hydrogen) atoms. The van der Waals surface area contributed by atoms with E-state index in [-0.39, 0.29) is 0 Å². The normalized spacial score (nSPS) is 13.9. The van der Waals surface area contributed by atoms with E-state index in [9.17, 15) is 0 Å². The van der Waals surface area contributed by atoms with Crippen molar-refractivity contribution in [1.82, 2.24) is 35.5 Å². The van der Waals surface area contributed by atoms with Crippen molar-refractivity contribution in [3.05, 3.63) is 90.5 Å². The molecule has 0 bridgehead atoms. The fourth-order valence-electron chi connectivity index (χ4n) is 5.48. The Balaban J connectivity index is 1.18. The third-order valence-electron chi connectivity index (χ3n) is 7.49. The average Bonchev–Trinajstić information content (AvgIpc) is 3.62. The first-order valence-electron chi connectivity index (χ1n) is 13.6. The van der Waals surface area contributed by atoms with E-state index < -0.39 is 0 Å². The van der Waals surface area contributed by atoms with Gasteiger partial charge in [-0.15, -0.1) is 0 Å². The number of aromatic amines is 2. The average molecular weight is 515 g/mol. The van der Waals surface area contributed by atoms with E-state index in [0.29, 0.717) is 5.65 Å². The van der Waals surface area contributed by atoms with Gasteiger partial charge in [-0.05, 0) is 54.7 Å². The third-order valence-corrected chi connectivity index (χ3v) is 7.49. The largest absolute Gasteiger partial charge is 0.356 e. The second kappa shape index (κ2) is 10.3. The molecular formula is C31H30N8. The quantitative estimate of drug-likeness (QED) is 0.247. The molecule has 1 aliphatic heterocycles. The fraction of sp³-hybridized carbons (Fsp3) is 0.226. The number of anilines is 1. The van der Waals surface area contributed by atoms with Crippen molar-refractivity contribution in [2.75, 3.05) is 18.0 Å². The van der Waals surface area contributed by atoms with Gasteiger partial charge < -0.3 is 15.2 Å². The molecule has 0 atom stereocenters. The summed E-state index contributed by atoms with van der Waals surface area (Å²) in [7, 11) is 0. The molecule has 0 unspecified atom stereocenters. The van der Waals surface area contributed by atoms with Crippen LogP contribution in [0.1, 0.15) is 30.4 Å². The first-order chi connectivity index (χ1) is 19.3. The Morgan fingerprint density at radius 3 is 2.54 bits per heavy atom. The van der Waals surface area contributed by atoms with E-state index >= 15 is 0 Å². The molecule has 1 fully saturated rings. The number of nitrogens with one attached hydrogen (secondary N) is 3. The fourth-order valence-corrected chi connectivity index (χ4v) is 5.48. The lowest BCUT2D eigenvalue weighted by Gasteiger charge is -2.28. The molecule has 3 N–H and O–H groups in total. The maximum atomic E-state index is 4.74. The van der Waals surface area contributed by atoms with Gasteiger partial charge in [0.1, 0.15) is 5.82 Å². The van der Waals surface area contributed by atoms with E-state index in [1.54, 1.807) is 0 Å². The Morgan fingerprint density at radius 1 is 0.795 bits per heavy atom.